The molecule has 1 fully saturated rings. The van der Waals surface area contributed by atoms with Gasteiger partial charge in [-0.2, -0.15) is 0 Å². The number of aromatic nitrogens is 2. The molecule has 0 bridgehead atoms. The third-order valence-corrected chi connectivity index (χ3v) is 5.36. The van der Waals surface area contributed by atoms with E-state index in [-0.39, 0.29) is 12.5 Å². The zero-order valence-corrected chi connectivity index (χ0v) is 16.6. The Balaban J connectivity index is 1.95. The summed E-state index contributed by atoms with van der Waals surface area (Å²) in [4.78, 5) is 41.1. The highest BCUT2D eigenvalue weighted by atomic mass is 16.5. The van der Waals surface area contributed by atoms with Crippen molar-refractivity contribution in [3.05, 3.63) is 68.9 Å². The van der Waals surface area contributed by atoms with Crippen LogP contribution in [0.1, 0.15) is 18.4 Å². The number of aryl methyl sites for hydroxylation is 1. The summed E-state index contributed by atoms with van der Waals surface area (Å²) in [6.45, 7) is 3.21. The zero-order valence-electron chi connectivity index (χ0n) is 16.6. The molecule has 0 atom stereocenters. The van der Waals surface area contributed by atoms with E-state index in [1.54, 1.807) is 41.3 Å². The third-order valence-electron chi connectivity index (χ3n) is 5.36. The number of methoxy groups -OCH3 is 1. The monoisotopic (exact) mass is 393 g/mol. The fourth-order valence-corrected chi connectivity index (χ4v) is 3.82. The Morgan fingerprint density at radius 3 is 2.55 bits per heavy atom. The summed E-state index contributed by atoms with van der Waals surface area (Å²) < 4.78 is 7.75. The predicted octanol–water partition coefficient (Wildman–Crippen LogP) is 2.09. The number of nitrogens with zero attached hydrogens (tertiary/aromatic N) is 3. The number of hydrogen-bond acceptors (Lipinski definition) is 4. The van der Waals surface area contributed by atoms with Gasteiger partial charge in [-0.25, -0.2) is 9.36 Å². The van der Waals surface area contributed by atoms with E-state index < -0.39 is 11.2 Å². The molecule has 1 saturated heterocycles. The van der Waals surface area contributed by atoms with Crippen molar-refractivity contribution in [1.29, 1.82) is 0 Å². The van der Waals surface area contributed by atoms with Gasteiger partial charge in [0, 0.05) is 19.2 Å². The highest BCUT2D eigenvalue weighted by Crippen LogP contribution is 2.17. The number of amides is 1. The Labute approximate surface area is 167 Å². The van der Waals surface area contributed by atoms with Crippen LogP contribution in [-0.2, 0) is 11.3 Å². The van der Waals surface area contributed by atoms with Crippen LogP contribution in [0.25, 0.3) is 16.6 Å². The molecule has 0 spiro atoms. The quantitative estimate of drug-likeness (QED) is 0.680. The molecule has 1 aromatic heterocycles. The molecule has 0 radical (unpaired) electrons. The van der Waals surface area contributed by atoms with E-state index in [2.05, 4.69) is 0 Å². The van der Waals surface area contributed by atoms with Crippen molar-refractivity contribution >= 4 is 16.8 Å². The average Bonchev–Trinajstić information content (AvgIpc) is 3.26. The highest BCUT2D eigenvalue weighted by Gasteiger charge is 2.22. The van der Waals surface area contributed by atoms with Crippen LogP contribution < -0.4 is 16.0 Å². The van der Waals surface area contributed by atoms with Gasteiger partial charge < -0.3 is 9.64 Å². The van der Waals surface area contributed by atoms with Crippen molar-refractivity contribution in [3.8, 4) is 11.4 Å². The number of hydrogen-bond donors (Lipinski definition) is 0. The Bertz CT molecular complexity index is 1200. The standard InChI is InChI=1S/C22H23N3O4/c1-15-8-9-19-18(12-15)21(27)25(16-6-5-7-17(13-16)29-2)22(28)24(19)14-20(26)23-10-3-4-11-23/h5-9,12-13H,3-4,10-11,14H2,1-2H3. The third kappa shape index (κ3) is 3.44. The van der Waals surface area contributed by atoms with Crippen molar-refractivity contribution in [2.75, 3.05) is 20.2 Å². The van der Waals surface area contributed by atoms with E-state index in [1.165, 1.54) is 11.7 Å². The first-order valence-electron chi connectivity index (χ1n) is 9.68. The summed E-state index contributed by atoms with van der Waals surface area (Å²) >= 11 is 0. The average molecular weight is 393 g/mol. The molecule has 0 N–H and O–H groups in total. The molecule has 29 heavy (non-hydrogen) atoms. The van der Waals surface area contributed by atoms with E-state index in [9.17, 15) is 14.4 Å². The van der Waals surface area contributed by atoms with Crippen molar-refractivity contribution < 1.29 is 9.53 Å². The zero-order chi connectivity index (χ0) is 20.5. The van der Waals surface area contributed by atoms with Crippen LogP contribution in [0, 0.1) is 6.92 Å². The molecule has 7 heteroatoms. The van der Waals surface area contributed by atoms with Gasteiger partial charge in [-0.3, -0.25) is 14.2 Å². The first-order chi connectivity index (χ1) is 14.0. The summed E-state index contributed by atoms with van der Waals surface area (Å²) in [6.07, 6.45) is 1.95. The molecular formula is C22H23N3O4. The topological polar surface area (TPSA) is 73.5 Å². The largest absolute Gasteiger partial charge is 0.497 e. The van der Waals surface area contributed by atoms with Gasteiger partial charge in [0.2, 0.25) is 5.91 Å². The lowest BCUT2D eigenvalue weighted by atomic mass is 10.1. The molecule has 3 aromatic rings. The van der Waals surface area contributed by atoms with Gasteiger partial charge in [0.25, 0.3) is 5.56 Å². The molecule has 7 nitrogen and oxygen atoms in total. The number of rotatable bonds is 4. The van der Waals surface area contributed by atoms with Gasteiger partial charge in [-0.15, -0.1) is 0 Å². The molecule has 4 rings (SSSR count). The molecule has 1 amide bonds. The van der Waals surface area contributed by atoms with Crippen LogP contribution >= 0.6 is 0 Å². The smallest absolute Gasteiger partial charge is 0.336 e. The van der Waals surface area contributed by atoms with Gasteiger partial charge in [0.1, 0.15) is 12.3 Å². The maximum absolute atomic E-state index is 13.4. The van der Waals surface area contributed by atoms with E-state index in [0.717, 1.165) is 23.0 Å². The fourth-order valence-electron chi connectivity index (χ4n) is 3.82. The van der Waals surface area contributed by atoms with Gasteiger partial charge in [0.15, 0.2) is 0 Å². The normalized spacial score (nSPS) is 13.8. The summed E-state index contributed by atoms with van der Waals surface area (Å²) in [6, 6.07) is 12.1. The Kier molecular flexibility index (Phi) is 4.96. The van der Waals surface area contributed by atoms with Crippen LogP contribution in [0.3, 0.4) is 0 Å². The predicted molar refractivity (Wildman–Crippen MR) is 111 cm³/mol. The van der Waals surface area contributed by atoms with Crippen LogP contribution in [0.5, 0.6) is 5.75 Å². The molecule has 1 aliphatic rings. The van der Waals surface area contributed by atoms with Crippen molar-refractivity contribution in [3.63, 3.8) is 0 Å². The summed E-state index contributed by atoms with van der Waals surface area (Å²) in [5, 5.41) is 0.404. The minimum Gasteiger partial charge on any atom is -0.497 e. The van der Waals surface area contributed by atoms with Crippen LogP contribution in [-0.4, -0.2) is 40.1 Å². The first-order valence-corrected chi connectivity index (χ1v) is 9.68. The molecule has 0 aliphatic carbocycles. The number of likely N-dealkylation sites (tertiary alicyclic amines) is 1. The SMILES string of the molecule is COc1cccc(-n2c(=O)c3cc(C)ccc3n(CC(=O)N3CCCC3)c2=O)c1. The maximum Gasteiger partial charge on any atom is 0.336 e. The minimum absolute atomic E-state index is 0.0946. The Morgan fingerprint density at radius 1 is 1.07 bits per heavy atom. The van der Waals surface area contributed by atoms with E-state index in [4.69, 9.17) is 4.74 Å². The lowest BCUT2D eigenvalue weighted by Gasteiger charge is -2.18. The number of carbonyl (C=O) groups excluding carboxylic acids is 1. The second kappa shape index (κ2) is 7.58. The van der Waals surface area contributed by atoms with Crippen LogP contribution in [0.15, 0.2) is 52.1 Å². The van der Waals surface area contributed by atoms with Crippen molar-refractivity contribution in [2.24, 2.45) is 0 Å². The van der Waals surface area contributed by atoms with Gasteiger partial charge in [-0.05, 0) is 44.0 Å². The van der Waals surface area contributed by atoms with Gasteiger partial charge in [0.05, 0.1) is 23.7 Å². The Morgan fingerprint density at radius 2 is 1.83 bits per heavy atom. The molecule has 0 saturated carbocycles. The minimum atomic E-state index is -0.535. The van der Waals surface area contributed by atoms with E-state index in [1.807, 2.05) is 13.0 Å². The number of benzene rings is 2. The number of fused-ring (bicyclic) bond motifs is 1. The molecule has 1 aliphatic heterocycles. The maximum atomic E-state index is 13.4. The van der Waals surface area contributed by atoms with Crippen molar-refractivity contribution in [2.45, 2.75) is 26.3 Å². The number of ether oxygens (including phenoxy) is 1. The fraction of sp³-hybridized carbons (Fsp3) is 0.318. The lowest BCUT2D eigenvalue weighted by molar-refractivity contribution is -0.130. The van der Waals surface area contributed by atoms with Crippen LogP contribution in [0.4, 0.5) is 0 Å². The second-order valence-electron chi connectivity index (χ2n) is 7.32. The molecule has 2 aromatic carbocycles. The van der Waals surface area contributed by atoms with Crippen LogP contribution in [0.2, 0.25) is 0 Å². The summed E-state index contributed by atoms with van der Waals surface area (Å²) in [7, 11) is 1.53. The lowest BCUT2D eigenvalue weighted by Crippen LogP contribution is -2.42. The molecular weight excluding hydrogens is 370 g/mol. The first kappa shape index (κ1) is 19.0. The van der Waals surface area contributed by atoms with E-state index in [0.29, 0.717) is 35.4 Å². The van der Waals surface area contributed by atoms with Gasteiger partial charge >= 0.3 is 5.69 Å². The summed E-state index contributed by atoms with van der Waals surface area (Å²) in [5.41, 5.74) is 0.837. The summed E-state index contributed by atoms with van der Waals surface area (Å²) in [5.74, 6) is 0.431. The number of carbonyl (C=O) groups is 1. The van der Waals surface area contributed by atoms with Crippen molar-refractivity contribution in [1.82, 2.24) is 14.0 Å². The Hall–Kier alpha value is -3.35. The second-order valence-corrected chi connectivity index (χ2v) is 7.32. The van der Waals surface area contributed by atoms with E-state index >= 15 is 0 Å². The molecule has 0 unspecified atom stereocenters. The molecule has 2 heterocycles. The molecule has 150 valence electrons. The van der Waals surface area contributed by atoms with Gasteiger partial charge in [-0.1, -0.05) is 17.7 Å². The highest BCUT2D eigenvalue weighted by molar-refractivity contribution is 5.82.